The zero-order chi connectivity index (χ0) is 19.9. The zero-order valence-corrected chi connectivity index (χ0v) is 16.2. The highest BCUT2D eigenvalue weighted by Crippen LogP contribution is 2.24. The predicted molar refractivity (Wildman–Crippen MR) is 101 cm³/mol. The molecule has 7 heteroatoms. The summed E-state index contributed by atoms with van der Waals surface area (Å²) >= 11 is 0. The van der Waals surface area contributed by atoms with Gasteiger partial charge in [0.1, 0.15) is 5.75 Å². The van der Waals surface area contributed by atoms with Crippen LogP contribution in [0.2, 0.25) is 0 Å². The molecule has 0 aromatic heterocycles. The Hall–Kier alpha value is -2.57. The third kappa shape index (κ3) is 8.11. The number of carbonyl (C=O) groups is 3. The largest absolute Gasteiger partial charge is 0.494 e. The van der Waals surface area contributed by atoms with Gasteiger partial charge in [0, 0.05) is 12.5 Å². The molecule has 1 saturated carbocycles. The lowest BCUT2D eigenvalue weighted by Crippen LogP contribution is -2.42. The molecule has 0 bridgehead atoms. The Labute approximate surface area is 159 Å². The SMILES string of the molecule is CC(C)(C)c1ccc(OCCCC(=O)OCC(=O)NC(=O)NC2CC2)cc1. The van der Waals surface area contributed by atoms with Gasteiger partial charge in [-0.15, -0.1) is 0 Å². The average molecular weight is 376 g/mol. The number of hydrogen-bond donors (Lipinski definition) is 2. The molecule has 1 aromatic carbocycles. The molecule has 148 valence electrons. The van der Waals surface area contributed by atoms with Crippen molar-refractivity contribution in [2.45, 2.75) is 57.9 Å². The van der Waals surface area contributed by atoms with Gasteiger partial charge in [0.15, 0.2) is 6.61 Å². The van der Waals surface area contributed by atoms with Gasteiger partial charge < -0.3 is 14.8 Å². The van der Waals surface area contributed by atoms with Crippen molar-refractivity contribution < 1.29 is 23.9 Å². The molecule has 0 heterocycles. The highest BCUT2D eigenvalue weighted by molar-refractivity contribution is 5.95. The summed E-state index contributed by atoms with van der Waals surface area (Å²) < 4.78 is 10.4. The van der Waals surface area contributed by atoms with Crippen LogP contribution >= 0.6 is 0 Å². The number of urea groups is 1. The topological polar surface area (TPSA) is 93.7 Å². The van der Waals surface area contributed by atoms with Crippen molar-refractivity contribution in [2.24, 2.45) is 0 Å². The van der Waals surface area contributed by atoms with Gasteiger partial charge in [0.25, 0.3) is 5.91 Å². The van der Waals surface area contributed by atoms with E-state index >= 15 is 0 Å². The van der Waals surface area contributed by atoms with Crippen LogP contribution in [0, 0.1) is 0 Å². The van der Waals surface area contributed by atoms with E-state index in [0.29, 0.717) is 13.0 Å². The van der Waals surface area contributed by atoms with Crippen molar-refractivity contribution in [2.75, 3.05) is 13.2 Å². The standard InChI is InChI=1S/C20H28N2O5/c1-20(2,3)14-6-10-16(11-7-14)26-12-4-5-18(24)27-13-17(23)22-19(25)21-15-8-9-15/h6-7,10-11,15H,4-5,8-9,12-13H2,1-3H3,(H2,21,22,23,25). The smallest absolute Gasteiger partial charge is 0.321 e. The normalized spacial score (nSPS) is 13.6. The maximum Gasteiger partial charge on any atom is 0.321 e. The van der Waals surface area contributed by atoms with Gasteiger partial charge in [-0.2, -0.15) is 0 Å². The number of amides is 3. The molecule has 0 saturated heterocycles. The van der Waals surface area contributed by atoms with E-state index in [4.69, 9.17) is 9.47 Å². The number of carbonyl (C=O) groups excluding carboxylic acids is 3. The maximum atomic E-state index is 11.6. The molecular formula is C20H28N2O5. The third-order valence-corrected chi connectivity index (χ3v) is 4.04. The Balaban J connectivity index is 1.56. The number of esters is 1. The number of rotatable bonds is 8. The second-order valence-corrected chi connectivity index (χ2v) is 7.68. The summed E-state index contributed by atoms with van der Waals surface area (Å²) in [5.41, 5.74) is 1.31. The first kappa shape index (κ1) is 20.7. The molecular weight excluding hydrogens is 348 g/mol. The summed E-state index contributed by atoms with van der Waals surface area (Å²) in [4.78, 5) is 34.5. The van der Waals surface area contributed by atoms with E-state index in [9.17, 15) is 14.4 Å². The van der Waals surface area contributed by atoms with E-state index in [2.05, 4.69) is 31.4 Å². The Morgan fingerprint density at radius 1 is 1.11 bits per heavy atom. The van der Waals surface area contributed by atoms with Crippen LogP contribution in [0.4, 0.5) is 4.79 Å². The lowest BCUT2D eigenvalue weighted by atomic mass is 9.87. The fraction of sp³-hybridized carbons (Fsp3) is 0.550. The predicted octanol–water partition coefficient (Wildman–Crippen LogP) is 2.67. The fourth-order valence-corrected chi connectivity index (χ4v) is 2.29. The van der Waals surface area contributed by atoms with Crippen LogP contribution in [0.15, 0.2) is 24.3 Å². The fourth-order valence-electron chi connectivity index (χ4n) is 2.29. The first-order chi connectivity index (χ1) is 12.7. The summed E-state index contributed by atoms with van der Waals surface area (Å²) in [7, 11) is 0. The highest BCUT2D eigenvalue weighted by Gasteiger charge is 2.24. The minimum Gasteiger partial charge on any atom is -0.494 e. The molecule has 0 unspecified atom stereocenters. The van der Waals surface area contributed by atoms with Gasteiger partial charge in [0.05, 0.1) is 6.61 Å². The second kappa shape index (κ2) is 9.39. The molecule has 1 aromatic rings. The molecule has 1 aliphatic carbocycles. The van der Waals surface area contributed by atoms with Gasteiger partial charge in [-0.05, 0) is 42.4 Å². The second-order valence-electron chi connectivity index (χ2n) is 7.68. The van der Waals surface area contributed by atoms with Gasteiger partial charge in [0.2, 0.25) is 0 Å². The Morgan fingerprint density at radius 2 is 1.78 bits per heavy atom. The Bertz CT molecular complexity index is 660. The molecule has 0 radical (unpaired) electrons. The number of benzene rings is 1. The van der Waals surface area contributed by atoms with Crippen molar-refractivity contribution in [3.05, 3.63) is 29.8 Å². The summed E-state index contributed by atoms with van der Waals surface area (Å²) in [5, 5.41) is 4.73. The van der Waals surface area contributed by atoms with Crippen molar-refractivity contribution >= 4 is 17.9 Å². The molecule has 2 N–H and O–H groups in total. The van der Waals surface area contributed by atoms with Crippen molar-refractivity contribution in [1.82, 2.24) is 10.6 Å². The molecule has 0 aliphatic heterocycles. The monoisotopic (exact) mass is 376 g/mol. The number of nitrogens with one attached hydrogen (secondary N) is 2. The van der Waals surface area contributed by atoms with E-state index < -0.39 is 24.5 Å². The van der Waals surface area contributed by atoms with Gasteiger partial charge in [-0.3, -0.25) is 14.9 Å². The van der Waals surface area contributed by atoms with Crippen molar-refractivity contribution in [3.63, 3.8) is 0 Å². The van der Waals surface area contributed by atoms with Crippen molar-refractivity contribution in [1.29, 1.82) is 0 Å². The molecule has 7 nitrogen and oxygen atoms in total. The number of imide groups is 1. The van der Waals surface area contributed by atoms with E-state index in [0.717, 1.165) is 18.6 Å². The molecule has 27 heavy (non-hydrogen) atoms. The van der Waals surface area contributed by atoms with E-state index in [1.165, 1.54) is 5.56 Å². The molecule has 3 amide bonds. The minimum atomic E-state index is -0.642. The van der Waals surface area contributed by atoms with Crippen LogP contribution in [0.5, 0.6) is 5.75 Å². The van der Waals surface area contributed by atoms with Crippen LogP contribution in [0.25, 0.3) is 0 Å². The Morgan fingerprint density at radius 3 is 2.37 bits per heavy atom. The molecule has 1 aliphatic rings. The average Bonchev–Trinajstić information content (AvgIpc) is 3.40. The van der Waals surface area contributed by atoms with Crippen molar-refractivity contribution in [3.8, 4) is 5.75 Å². The lowest BCUT2D eigenvalue weighted by molar-refractivity contribution is -0.148. The summed E-state index contributed by atoms with van der Waals surface area (Å²) in [6.07, 6.45) is 2.48. The third-order valence-electron chi connectivity index (χ3n) is 4.04. The molecule has 2 rings (SSSR count). The Kier molecular flexibility index (Phi) is 7.21. The minimum absolute atomic E-state index is 0.0904. The maximum absolute atomic E-state index is 11.6. The first-order valence-corrected chi connectivity index (χ1v) is 9.23. The van der Waals surface area contributed by atoms with Crippen LogP contribution in [-0.2, 0) is 19.7 Å². The molecule has 1 fully saturated rings. The number of hydrogen-bond acceptors (Lipinski definition) is 5. The van der Waals surface area contributed by atoms with E-state index in [1.807, 2.05) is 24.3 Å². The van der Waals surface area contributed by atoms with Crippen LogP contribution in [-0.4, -0.2) is 37.2 Å². The summed E-state index contributed by atoms with van der Waals surface area (Å²) in [5.74, 6) is -0.395. The highest BCUT2D eigenvalue weighted by atomic mass is 16.5. The van der Waals surface area contributed by atoms with Crippen LogP contribution in [0.3, 0.4) is 0 Å². The molecule has 0 spiro atoms. The van der Waals surface area contributed by atoms with Gasteiger partial charge >= 0.3 is 12.0 Å². The lowest BCUT2D eigenvalue weighted by Gasteiger charge is -2.19. The van der Waals surface area contributed by atoms with Crippen LogP contribution in [0.1, 0.15) is 52.0 Å². The molecule has 0 atom stereocenters. The van der Waals surface area contributed by atoms with E-state index in [-0.39, 0.29) is 17.9 Å². The van der Waals surface area contributed by atoms with E-state index in [1.54, 1.807) is 0 Å². The zero-order valence-electron chi connectivity index (χ0n) is 16.2. The number of ether oxygens (including phenoxy) is 2. The first-order valence-electron chi connectivity index (χ1n) is 9.23. The van der Waals surface area contributed by atoms with Crippen LogP contribution < -0.4 is 15.4 Å². The van der Waals surface area contributed by atoms with Gasteiger partial charge in [-0.25, -0.2) is 4.79 Å². The summed E-state index contributed by atoms with van der Waals surface area (Å²) in [6.45, 7) is 6.35. The quantitative estimate of drug-likeness (QED) is 0.537. The summed E-state index contributed by atoms with van der Waals surface area (Å²) in [6, 6.07) is 7.49. The van der Waals surface area contributed by atoms with Gasteiger partial charge in [-0.1, -0.05) is 32.9 Å².